The maximum Gasteiger partial charge on any atom is 0.227 e. The third-order valence-electron chi connectivity index (χ3n) is 5.54. The molecule has 2 aliphatic heterocycles. The highest BCUT2D eigenvalue weighted by molar-refractivity contribution is 5.95. The van der Waals surface area contributed by atoms with E-state index < -0.39 is 0 Å². The van der Waals surface area contributed by atoms with Crippen LogP contribution in [0.1, 0.15) is 49.3 Å². The molecular weight excluding hydrogens is 354 g/mol. The van der Waals surface area contributed by atoms with Crippen molar-refractivity contribution in [2.24, 2.45) is 0 Å². The maximum atomic E-state index is 12.3. The van der Waals surface area contributed by atoms with E-state index in [9.17, 15) is 9.59 Å². The molecule has 0 spiro atoms. The van der Waals surface area contributed by atoms with Gasteiger partial charge in [0.2, 0.25) is 11.8 Å². The van der Waals surface area contributed by atoms with E-state index in [0.717, 1.165) is 48.8 Å². The molecule has 148 valence electrons. The first-order valence-corrected chi connectivity index (χ1v) is 10.3. The molecule has 0 atom stereocenters. The minimum atomic E-state index is 0.000559. The first-order valence-electron chi connectivity index (χ1n) is 10.3. The van der Waals surface area contributed by atoms with E-state index >= 15 is 0 Å². The minimum Gasteiger partial charge on any atom is -0.355 e. The molecule has 7 nitrogen and oxygen atoms in total. The molecular formula is C21H27N5O2. The standard InChI is InChI=1S/C21H27N5O2/c27-20(15-16-7-9-17(10-8-16)25-14-4-6-21(25)28)22-12-11-19-24-23-18-5-2-1-3-13-26(18)19/h7-10H,1-6,11-15H2,(H,22,27). The van der Waals surface area contributed by atoms with Gasteiger partial charge in [-0.15, -0.1) is 10.2 Å². The minimum absolute atomic E-state index is 0.000559. The number of nitrogens with zero attached hydrogens (tertiary/aromatic N) is 4. The molecule has 4 rings (SSSR count). The summed E-state index contributed by atoms with van der Waals surface area (Å²) in [5, 5.41) is 11.6. The lowest BCUT2D eigenvalue weighted by molar-refractivity contribution is -0.120. The van der Waals surface area contributed by atoms with Crippen molar-refractivity contribution in [2.75, 3.05) is 18.0 Å². The van der Waals surface area contributed by atoms with E-state index in [2.05, 4.69) is 20.1 Å². The molecule has 2 aliphatic rings. The number of carbonyl (C=O) groups excluding carboxylic acids is 2. The Balaban J connectivity index is 1.26. The number of nitrogens with one attached hydrogen (secondary N) is 1. The average Bonchev–Trinajstić information content (AvgIpc) is 3.21. The molecule has 0 saturated carbocycles. The molecule has 3 heterocycles. The van der Waals surface area contributed by atoms with Crippen LogP contribution in [0, 0.1) is 0 Å². The van der Waals surface area contributed by atoms with Crippen LogP contribution in [0.3, 0.4) is 0 Å². The molecule has 0 unspecified atom stereocenters. The summed E-state index contributed by atoms with van der Waals surface area (Å²) in [5.74, 6) is 2.23. The summed E-state index contributed by atoms with van der Waals surface area (Å²) < 4.78 is 2.22. The Morgan fingerprint density at radius 2 is 1.86 bits per heavy atom. The van der Waals surface area contributed by atoms with Gasteiger partial charge in [-0.25, -0.2) is 0 Å². The highest BCUT2D eigenvalue weighted by Gasteiger charge is 2.21. The largest absolute Gasteiger partial charge is 0.355 e. The second-order valence-electron chi connectivity index (χ2n) is 7.59. The Bertz CT molecular complexity index is 843. The molecule has 1 saturated heterocycles. The molecule has 28 heavy (non-hydrogen) atoms. The summed E-state index contributed by atoms with van der Waals surface area (Å²) in [6.07, 6.45) is 7.17. The lowest BCUT2D eigenvalue weighted by atomic mass is 10.1. The summed E-state index contributed by atoms with van der Waals surface area (Å²) in [7, 11) is 0. The Labute approximate surface area is 165 Å². The van der Waals surface area contributed by atoms with E-state index in [-0.39, 0.29) is 11.8 Å². The van der Waals surface area contributed by atoms with Crippen molar-refractivity contribution < 1.29 is 9.59 Å². The second kappa shape index (κ2) is 8.54. The zero-order valence-electron chi connectivity index (χ0n) is 16.2. The third-order valence-corrected chi connectivity index (χ3v) is 5.54. The predicted octanol–water partition coefficient (Wildman–Crippen LogP) is 2.03. The number of fused-ring (bicyclic) bond motifs is 1. The number of carbonyl (C=O) groups is 2. The first-order chi connectivity index (χ1) is 13.7. The van der Waals surface area contributed by atoms with Gasteiger partial charge in [-0.1, -0.05) is 18.6 Å². The van der Waals surface area contributed by atoms with Gasteiger partial charge < -0.3 is 14.8 Å². The Morgan fingerprint density at radius 3 is 2.64 bits per heavy atom. The van der Waals surface area contributed by atoms with Gasteiger partial charge in [0, 0.05) is 44.6 Å². The summed E-state index contributed by atoms with van der Waals surface area (Å²) in [6.45, 7) is 2.33. The van der Waals surface area contributed by atoms with E-state index in [1.807, 2.05) is 29.2 Å². The number of benzene rings is 1. The molecule has 1 fully saturated rings. The van der Waals surface area contributed by atoms with Crippen LogP contribution in [-0.4, -0.2) is 39.7 Å². The van der Waals surface area contributed by atoms with Gasteiger partial charge in [0.25, 0.3) is 0 Å². The summed E-state index contributed by atoms with van der Waals surface area (Å²) in [5.41, 5.74) is 1.86. The molecule has 2 aromatic rings. The van der Waals surface area contributed by atoms with Crippen LogP contribution >= 0.6 is 0 Å². The number of aryl methyl sites for hydroxylation is 1. The van der Waals surface area contributed by atoms with Crippen LogP contribution in [0.2, 0.25) is 0 Å². The number of rotatable bonds is 6. The van der Waals surface area contributed by atoms with Crippen LogP contribution in [-0.2, 0) is 35.4 Å². The summed E-state index contributed by atoms with van der Waals surface area (Å²) in [4.78, 5) is 25.9. The molecule has 0 radical (unpaired) electrons. The Kier molecular flexibility index (Phi) is 5.69. The van der Waals surface area contributed by atoms with Gasteiger partial charge in [0.15, 0.2) is 0 Å². The van der Waals surface area contributed by atoms with E-state index in [1.165, 1.54) is 19.3 Å². The van der Waals surface area contributed by atoms with E-state index in [0.29, 0.717) is 25.8 Å². The fourth-order valence-corrected chi connectivity index (χ4v) is 4.01. The van der Waals surface area contributed by atoms with Crippen molar-refractivity contribution in [1.82, 2.24) is 20.1 Å². The lowest BCUT2D eigenvalue weighted by Gasteiger charge is -2.15. The maximum absolute atomic E-state index is 12.3. The van der Waals surface area contributed by atoms with Gasteiger partial charge in [-0.05, 0) is 37.0 Å². The number of amides is 2. The lowest BCUT2D eigenvalue weighted by Crippen LogP contribution is -2.28. The fourth-order valence-electron chi connectivity index (χ4n) is 4.01. The highest BCUT2D eigenvalue weighted by Crippen LogP contribution is 2.21. The summed E-state index contributed by atoms with van der Waals surface area (Å²) >= 11 is 0. The van der Waals surface area contributed by atoms with Crippen LogP contribution < -0.4 is 10.2 Å². The molecule has 1 aromatic heterocycles. The van der Waals surface area contributed by atoms with Crippen molar-refractivity contribution in [1.29, 1.82) is 0 Å². The topological polar surface area (TPSA) is 80.1 Å². The van der Waals surface area contributed by atoms with Gasteiger partial charge in [-0.3, -0.25) is 9.59 Å². The quantitative estimate of drug-likeness (QED) is 0.830. The highest BCUT2D eigenvalue weighted by atomic mass is 16.2. The third kappa shape index (κ3) is 4.24. The van der Waals surface area contributed by atoms with Gasteiger partial charge in [-0.2, -0.15) is 0 Å². The zero-order chi connectivity index (χ0) is 19.3. The van der Waals surface area contributed by atoms with Crippen molar-refractivity contribution in [3.8, 4) is 0 Å². The fraction of sp³-hybridized carbons (Fsp3) is 0.524. The van der Waals surface area contributed by atoms with Crippen molar-refractivity contribution in [2.45, 2.75) is 57.9 Å². The number of aromatic nitrogens is 3. The molecule has 0 bridgehead atoms. The van der Waals surface area contributed by atoms with Crippen LogP contribution in [0.4, 0.5) is 5.69 Å². The van der Waals surface area contributed by atoms with Crippen molar-refractivity contribution in [3.05, 3.63) is 41.5 Å². The number of hydrogen-bond acceptors (Lipinski definition) is 4. The summed E-state index contributed by atoms with van der Waals surface area (Å²) in [6, 6.07) is 7.71. The number of anilines is 1. The van der Waals surface area contributed by atoms with Crippen LogP contribution in [0.25, 0.3) is 0 Å². The molecule has 2 amide bonds. The molecule has 1 aromatic carbocycles. The Morgan fingerprint density at radius 1 is 1.00 bits per heavy atom. The Hall–Kier alpha value is -2.70. The van der Waals surface area contributed by atoms with E-state index in [1.54, 1.807) is 0 Å². The normalized spacial score (nSPS) is 16.7. The first kappa shape index (κ1) is 18.7. The zero-order valence-corrected chi connectivity index (χ0v) is 16.2. The molecule has 0 aliphatic carbocycles. The van der Waals surface area contributed by atoms with Crippen LogP contribution in [0.15, 0.2) is 24.3 Å². The number of hydrogen-bond donors (Lipinski definition) is 1. The van der Waals surface area contributed by atoms with Crippen LogP contribution in [0.5, 0.6) is 0 Å². The average molecular weight is 381 g/mol. The van der Waals surface area contributed by atoms with E-state index in [4.69, 9.17) is 0 Å². The predicted molar refractivity (Wildman–Crippen MR) is 106 cm³/mol. The van der Waals surface area contributed by atoms with Gasteiger partial charge in [0.05, 0.1) is 6.42 Å². The molecule has 1 N–H and O–H groups in total. The van der Waals surface area contributed by atoms with Gasteiger partial charge in [0.1, 0.15) is 11.6 Å². The van der Waals surface area contributed by atoms with Gasteiger partial charge >= 0.3 is 0 Å². The SMILES string of the molecule is O=C(Cc1ccc(N2CCCC2=O)cc1)NCCc1nnc2n1CCCCC2. The van der Waals surface area contributed by atoms with Crippen molar-refractivity contribution in [3.63, 3.8) is 0 Å². The van der Waals surface area contributed by atoms with Crippen molar-refractivity contribution >= 4 is 17.5 Å². The second-order valence-corrected chi connectivity index (χ2v) is 7.59. The smallest absolute Gasteiger partial charge is 0.227 e. The monoisotopic (exact) mass is 381 g/mol. The molecule has 7 heteroatoms.